The number of likely N-dealkylation sites (tertiary alicyclic amines) is 1. The summed E-state index contributed by atoms with van der Waals surface area (Å²) in [6.45, 7) is 8.50. The fraction of sp³-hybridized carbons (Fsp3) is 0.636. The Balaban J connectivity index is 1.68. The van der Waals surface area contributed by atoms with Crippen molar-refractivity contribution in [3.8, 4) is 5.75 Å². The molecule has 1 aromatic rings. The lowest BCUT2D eigenvalue weighted by Gasteiger charge is -2.34. The van der Waals surface area contributed by atoms with Crippen LogP contribution in [0.4, 0.5) is 0 Å². The topological polar surface area (TPSA) is 66.0 Å². The third kappa shape index (κ3) is 7.79. The minimum absolute atomic E-state index is 0.145. The average Bonchev–Trinajstić information content (AvgIpc) is 2.71. The quantitative estimate of drug-likeness (QED) is 0.388. The maximum Gasteiger partial charge on any atom is 0.220 e. The molecular formula is C22H36N4O2. The highest BCUT2D eigenvalue weighted by Crippen LogP contribution is 2.20. The Bertz CT molecular complexity index is 607. The second-order valence-corrected chi connectivity index (χ2v) is 7.41. The predicted molar refractivity (Wildman–Crippen MR) is 115 cm³/mol. The second-order valence-electron chi connectivity index (χ2n) is 7.41. The molecule has 2 rings (SSSR count). The van der Waals surface area contributed by atoms with E-state index in [-0.39, 0.29) is 5.91 Å². The van der Waals surface area contributed by atoms with Gasteiger partial charge in [-0.3, -0.25) is 9.79 Å². The number of ether oxygens (including phenoxy) is 1. The van der Waals surface area contributed by atoms with Crippen LogP contribution in [-0.4, -0.2) is 56.6 Å². The van der Waals surface area contributed by atoms with Gasteiger partial charge in [-0.2, -0.15) is 0 Å². The molecule has 0 aromatic heterocycles. The standard InChI is InChI=1S/C22H36N4O2/c1-4-24-22(26-14-11-19(12-15-26)17-21(27)23-3)25-13-5-6-16-28-20-9-7-18(2)8-10-20/h7-10,19H,4-6,11-17H2,1-3H3,(H,23,27)(H,24,25). The van der Waals surface area contributed by atoms with Gasteiger partial charge >= 0.3 is 0 Å². The molecule has 0 spiro atoms. The summed E-state index contributed by atoms with van der Waals surface area (Å²) in [6.07, 6.45) is 4.72. The van der Waals surface area contributed by atoms with Gasteiger partial charge in [0.25, 0.3) is 0 Å². The summed E-state index contributed by atoms with van der Waals surface area (Å²) >= 11 is 0. The Morgan fingerprint density at radius 1 is 1.21 bits per heavy atom. The Kier molecular flexibility index (Phi) is 9.66. The number of unbranched alkanes of at least 4 members (excludes halogenated alkanes) is 1. The van der Waals surface area contributed by atoms with Crippen LogP contribution in [0.3, 0.4) is 0 Å². The number of aryl methyl sites for hydroxylation is 1. The van der Waals surface area contributed by atoms with Crippen molar-refractivity contribution in [3.63, 3.8) is 0 Å². The van der Waals surface area contributed by atoms with E-state index in [1.807, 2.05) is 12.1 Å². The van der Waals surface area contributed by atoms with Gasteiger partial charge in [0.2, 0.25) is 5.91 Å². The lowest BCUT2D eigenvalue weighted by molar-refractivity contribution is -0.121. The van der Waals surface area contributed by atoms with Gasteiger partial charge in [-0.15, -0.1) is 0 Å². The Morgan fingerprint density at radius 2 is 1.93 bits per heavy atom. The number of guanidine groups is 1. The largest absolute Gasteiger partial charge is 0.494 e. The first-order valence-electron chi connectivity index (χ1n) is 10.6. The van der Waals surface area contributed by atoms with Gasteiger partial charge in [0, 0.05) is 39.6 Å². The molecule has 0 radical (unpaired) electrons. The number of nitrogens with one attached hydrogen (secondary N) is 2. The first-order valence-corrected chi connectivity index (χ1v) is 10.6. The normalized spacial score (nSPS) is 15.4. The van der Waals surface area contributed by atoms with Gasteiger partial charge in [-0.25, -0.2) is 0 Å². The van der Waals surface area contributed by atoms with E-state index in [9.17, 15) is 4.79 Å². The third-order valence-corrected chi connectivity index (χ3v) is 5.11. The molecule has 0 atom stereocenters. The lowest BCUT2D eigenvalue weighted by atomic mass is 9.93. The number of piperidine rings is 1. The maximum absolute atomic E-state index is 11.6. The van der Waals surface area contributed by atoms with Crippen LogP contribution < -0.4 is 15.4 Å². The minimum Gasteiger partial charge on any atom is -0.494 e. The molecule has 0 bridgehead atoms. The summed E-state index contributed by atoms with van der Waals surface area (Å²) in [7, 11) is 1.71. The van der Waals surface area contributed by atoms with E-state index in [1.165, 1.54) is 5.56 Å². The SMILES string of the molecule is CCNC(=NCCCCOc1ccc(C)cc1)N1CCC(CC(=O)NC)CC1. The third-order valence-electron chi connectivity index (χ3n) is 5.11. The van der Waals surface area contributed by atoms with Crippen LogP contribution in [0.25, 0.3) is 0 Å². The van der Waals surface area contributed by atoms with E-state index in [4.69, 9.17) is 9.73 Å². The van der Waals surface area contributed by atoms with E-state index in [2.05, 4.69) is 41.5 Å². The zero-order valence-electron chi connectivity index (χ0n) is 17.7. The fourth-order valence-corrected chi connectivity index (χ4v) is 3.36. The Labute approximate surface area is 169 Å². The van der Waals surface area contributed by atoms with Crippen molar-refractivity contribution in [1.29, 1.82) is 0 Å². The van der Waals surface area contributed by atoms with E-state index < -0.39 is 0 Å². The van der Waals surface area contributed by atoms with Crippen molar-refractivity contribution in [2.75, 3.05) is 39.8 Å². The molecule has 0 unspecified atom stereocenters. The molecule has 1 aliphatic heterocycles. The summed E-state index contributed by atoms with van der Waals surface area (Å²) in [4.78, 5) is 18.7. The van der Waals surface area contributed by atoms with Crippen LogP contribution in [0, 0.1) is 12.8 Å². The number of carbonyl (C=O) groups is 1. The zero-order valence-corrected chi connectivity index (χ0v) is 17.7. The van der Waals surface area contributed by atoms with E-state index in [0.29, 0.717) is 12.3 Å². The van der Waals surface area contributed by atoms with Crippen molar-refractivity contribution in [1.82, 2.24) is 15.5 Å². The molecule has 6 nitrogen and oxygen atoms in total. The first-order chi connectivity index (χ1) is 13.6. The molecule has 1 aliphatic rings. The molecule has 1 amide bonds. The highest BCUT2D eigenvalue weighted by molar-refractivity contribution is 5.80. The zero-order chi connectivity index (χ0) is 20.2. The maximum atomic E-state index is 11.6. The molecule has 2 N–H and O–H groups in total. The first kappa shape index (κ1) is 22.1. The minimum atomic E-state index is 0.145. The van der Waals surface area contributed by atoms with Crippen molar-refractivity contribution in [2.24, 2.45) is 10.9 Å². The monoisotopic (exact) mass is 388 g/mol. The molecule has 1 saturated heterocycles. The van der Waals surface area contributed by atoms with Gasteiger partial charge in [0.05, 0.1) is 6.61 Å². The fourth-order valence-electron chi connectivity index (χ4n) is 3.36. The van der Waals surface area contributed by atoms with Crippen molar-refractivity contribution < 1.29 is 9.53 Å². The van der Waals surface area contributed by atoms with E-state index >= 15 is 0 Å². The molecule has 0 saturated carbocycles. The van der Waals surface area contributed by atoms with Crippen LogP contribution >= 0.6 is 0 Å². The van der Waals surface area contributed by atoms with Gasteiger partial charge in [-0.1, -0.05) is 17.7 Å². The van der Waals surface area contributed by atoms with Crippen molar-refractivity contribution in [2.45, 2.75) is 46.0 Å². The average molecular weight is 389 g/mol. The number of amides is 1. The smallest absolute Gasteiger partial charge is 0.220 e. The van der Waals surface area contributed by atoms with Crippen LogP contribution in [0.2, 0.25) is 0 Å². The summed E-state index contributed by atoms with van der Waals surface area (Å²) < 4.78 is 5.78. The highest BCUT2D eigenvalue weighted by Gasteiger charge is 2.22. The van der Waals surface area contributed by atoms with E-state index in [0.717, 1.165) is 70.2 Å². The summed E-state index contributed by atoms with van der Waals surface area (Å²) in [5.41, 5.74) is 1.25. The van der Waals surface area contributed by atoms with Gasteiger partial charge in [0.1, 0.15) is 5.75 Å². The van der Waals surface area contributed by atoms with E-state index in [1.54, 1.807) is 7.05 Å². The molecule has 1 aromatic carbocycles. The number of rotatable bonds is 9. The molecular weight excluding hydrogens is 352 g/mol. The molecule has 156 valence electrons. The van der Waals surface area contributed by atoms with Gasteiger partial charge in [0.15, 0.2) is 5.96 Å². The number of hydrogen-bond donors (Lipinski definition) is 2. The predicted octanol–water partition coefficient (Wildman–Crippen LogP) is 2.97. The van der Waals surface area contributed by atoms with Gasteiger partial charge < -0.3 is 20.3 Å². The molecule has 1 fully saturated rings. The number of hydrogen-bond acceptors (Lipinski definition) is 3. The van der Waals surface area contributed by atoms with Crippen LogP contribution in [-0.2, 0) is 4.79 Å². The summed E-state index contributed by atoms with van der Waals surface area (Å²) in [5, 5.41) is 6.13. The highest BCUT2D eigenvalue weighted by atomic mass is 16.5. The Morgan fingerprint density at radius 3 is 2.57 bits per heavy atom. The molecule has 6 heteroatoms. The summed E-state index contributed by atoms with van der Waals surface area (Å²) in [5.74, 6) is 2.56. The van der Waals surface area contributed by atoms with Crippen LogP contribution in [0.1, 0.15) is 44.6 Å². The number of aliphatic imine (C=N–C) groups is 1. The second kappa shape index (κ2) is 12.3. The molecule has 1 heterocycles. The summed E-state index contributed by atoms with van der Waals surface area (Å²) in [6, 6.07) is 8.18. The molecule has 28 heavy (non-hydrogen) atoms. The Hall–Kier alpha value is -2.24. The number of benzene rings is 1. The van der Waals surface area contributed by atoms with Gasteiger partial charge in [-0.05, 0) is 57.6 Å². The molecule has 0 aliphatic carbocycles. The van der Waals surface area contributed by atoms with Crippen LogP contribution in [0.5, 0.6) is 5.75 Å². The number of nitrogens with zero attached hydrogens (tertiary/aromatic N) is 2. The van der Waals surface area contributed by atoms with Crippen molar-refractivity contribution >= 4 is 11.9 Å². The van der Waals surface area contributed by atoms with Crippen molar-refractivity contribution in [3.05, 3.63) is 29.8 Å². The van der Waals surface area contributed by atoms with Crippen LogP contribution in [0.15, 0.2) is 29.3 Å². The number of carbonyl (C=O) groups excluding carboxylic acids is 1. The lowest BCUT2D eigenvalue weighted by Crippen LogP contribution is -2.46.